The molecule has 2 aromatic rings. The van der Waals surface area contributed by atoms with Crippen LogP contribution in [0.5, 0.6) is 11.6 Å². The van der Waals surface area contributed by atoms with E-state index in [9.17, 15) is 0 Å². The molecule has 4 nitrogen and oxygen atoms in total. The van der Waals surface area contributed by atoms with Crippen LogP contribution in [-0.2, 0) is 6.42 Å². The van der Waals surface area contributed by atoms with Crippen LogP contribution in [0.15, 0.2) is 42.6 Å². The minimum Gasteiger partial charge on any atom is -0.488 e. The molecule has 2 rings (SSSR count). The van der Waals surface area contributed by atoms with Gasteiger partial charge in [-0.25, -0.2) is 4.98 Å². The highest BCUT2D eigenvalue weighted by molar-refractivity contribution is 5.46. The molecule has 0 fully saturated rings. The maximum atomic E-state index is 5.90. The second-order valence-electron chi connectivity index (χ2n) is 4.45. The molecular weight excluding hydrogens is 252 g/mol. The zero-order valence-electron chi connectivity index (χ0n) is 11.7. The maximum Gasteiger partial charge on any atom is 0.256 e. The van der Waals surface area contributed by atoms with Crippen molar-refractivity contribution in [3.05, 3.63) is 48.2 Å². The van der Waals surface area contributed by atoms with Crippen LogP contribution >= 0.6 is 0 Å². The first-order valence-electron chi connectivity index (χ1n) is 6.85. The van der Waals surface area contributed by atoms with Gasteiger partial charge in [0, 0.05) is 18.3 Å². The summed E-state index contributed by atoms with van der Waals surface area (Å²) in [6.45, 7) is 3.25. The zero-order chi connectivity index (χ0) is 14.2. The highest BCUT2D eigenvalue weighted by Crippen LogP contribution is 2.24. The molecule has 0 amide bonds. The normalized spacial score (nSPS) is 10.2. The lowest BCUT2D eigenvalue weighted by Gasteiger charge is -2.11. The standard InChI is InChI=1S/C16H20N2O2/c1-2-11-19-15-8-5-10-18-16(15)20-12-9-13-6-3-4-7-14(13)17/h3-8,10H,2,9,11-12,17H2,1H3. The summed E-state index contributed by atoms with van der Waals surface area (Å²) in [6.07, 6.45) is 3.40. The van der Waals surface area contributed by atoms with E-state index in [0.717, 1.165) is 24.1 Å². The number of pyridine rings is 1. The first-order chi connectivity index (χ1) is 9.81. The van der Waals surface area contributed by atoms with Crippen molar-refractivity contribution in [2.45, 2.75) is 19.8 Å². The van der Waals surface area contributed by atoms with E-state index in [4.69, 9.17) is 15.2 Å². The lowest BCUT2D eigenvalue weighted by atomic mass is 10.1. The number of anilines is 1. The first-order valence-corrected chi connectivity index (χ1v) is 6.85. The van der Waals surface area contributed by atoms with Gasteiger partial charge < -0.3 is 15.2 Å². The SMILES string of the molecule is CCCOc1cccnc1OCCc1ccccc1N. The Balaban J connectivity index is 1.92. The molecule has 0 aliphatic carbocycles. The van der Waals surface area contributed by atoms with Gasteiger partial charge in [0.15, 0.2) is 5.75 Å². The van der Waals surface area contributed by atoms with E-state index in [0.29, 0.717) is 24.8 Å². The lowest BCUT2D eigenvalue weighted by Crippen LogP contribution is -2.06. The molecule has 1 aromatic heterocycles. The van der Waals surface area contributed by atoms with Crippen molar-refractivity contribution in [1.82, 2.24) is 4.98 Å². The third-order valence-corrected chi connectivity index (χ3v) is 2.86. The van der Waals surface area contributed by atoms with E-state index >= 15 is 0 Å². The van der Waals surface area contributed by atoms with Crippen LogP contribution in [0.1, 0.15) is 18.9 Å². The van der Waals surface area contributed by atoms with Crippen LogP contribution in [0.2, 0.25) is 0 Å². The number of hydrogen-bond donors (Lipinski definition) is 1. The molecule has 4 heteroatoms. The summed E-state index contributed by atoms with van der Waals surface area (Å²) < 4.78 is 11.3. The molecule has 0 aliphatic heterocycles. The Morgan fingerprint density at radius 2 is 1.90 bits per heavy atom. The number of nitrogen functional groups attached to an aromatic ring is 1. The number of nitrogens with zero attached hydrogens (tertiary/aromatic N) is 1. The zero-order valence-corrected chi connectivity index (χ0v) is 11.7. The predicted octanol–water partition coefficient (Wildman–Crippen LogP) is 3.07. The van der Waals surface area contributed by atoms with Gasteiger partial charge in [-0.2, -0.15) is 0 Å². The molecule has 0 radical (unpaired) electrons. The van der Waals surface area contributed by atoms with Gasteiger partial charge in [0.25, 0.3) is 5.88 Å². The molecule has 0 aliphatic rings. The van der Waals surface area contributed by atoms with E-state index in [1.807, 2.05) is 36.4 Å². The summed E-state index contributed by atoms with van der Waals surface area (Å²) in [6, 6.07) is 11.5. The van der Waals surface area contributed by atoms with Gasteiger partial charge >= 0.3 is 0 Å². The van der Waals surface area contributed by atoms with Gasteiger partial charge in [0.1, 0.15) is 0 Å². The van der Waals surface area contributed by atoms with Crippen molar-refractivity contribution in [2.24, 2.45) is 0 Å². The first kappa shape index (κ1) is 14.2. The molecule has 0 spiro atoms. The number of hydrogen-bond acceptors (Lipinski definition) is 4. The number of ether oxygens (including phenoxy) is 2. The summed E-state index contributed by atoms with van der Waals surface area (Å²) >= 11 is 0. The summed E-state index contributed by atoms with van der Waals surface area (Å²) in [4.78, 5) is 4.21. The molecule has 2 N–H and O–H groups in total. The van der Waals surface area contributed by atoms with Crippen molar-refractivity contribution >= 4 is 5.69 Å². The maximum absolute atomic E-state index is 5.90. The van der Waals surface area contributed by atoms with Crippen molar-refractivity contribution < 1.29 is 9.47 Å². The Labute approximate surface area is 119 Å². The molecule has 1 heterocycles. The number of para-hydroxylation sites is 1. The quantitative estimate of drug-likeness (QED) is 0.787. The van der Waals surface area contributed by atoms with Gasteiger partial charge in [-0.05, 0) is 30.2 Å². The molecule has 0 saturated heterocycles. The Kier molecular flexibility index (Phi) is 5.24. The Morgan fingerprint density at radius 3 is 2.70 bits per heavy atom. The number of benzene rings is 1. The molecular formula is C16H20N2O2. The van der Waals surface area contributed by atoms with Crippen molar-refractivity contribution in [3.8, 4) is 11.6 Å². The molecule has 0 unspecified atom stereocenters. The van der Waals surface area contributed by atoms with E-state index in [2.05, 4.69) is 11.9 Å². The van der Waals surface area contributed by atoms with Gasteiger partial charge in [0.05, 0.1) is 13.2 Å². The van der Waals surface area contributed by atoms with E-state index in [-0.39, 0.29) is 0 Å². The fourth-order valence-electron chi connectivity index (χ4n) is 1.83. The molecule has 0 bridgehead atoms. The average Bonchev–Trinajstić information content (AvgIpc) is 2.48. The molecule has 0 saturated carbocycles. The summed E-state index contributed by atoms with van der Waals surface area (Å²) in [5.41, 5.74) is 7.77. The average molecular weight is 272 g/mol. The van der Waals surface area contributed by atoms with Gasteiger partial charge in [-0.3, -0.25) is 0 Å². The molecule has 106 valence electrons. The second-order valence-corrected chi connectivity index (χ2v) is 4.45. The largest absolute Gasteiger partial charge is 0.488 e. The highest BCUT2D eigenvalue weighted by Gasteiger charge is 2.06. The summed E-state index contributed by atoms with van der Waals surface area (Å²) in [5.74, 6) is 1.23. The lowest BCUT2D eigenvalue weighted by molar-refractivity contribution is 0.261. The van der Waals surface area contributed by atoms with Crippen LogP contribution in [0.25, 0.3) is 0 Å². The van der Waals surface area contributed by atoms with E-state index < -0.39 is 0 Å². The molecule has 20 heavy (non-hydrogen) atoms. The monoisotopic (exact) mass is 272 g/mol. The third-order valence-electron chi connectivity index (χ3n) is 2.86. The van der Waals surface area contributed by atoms with Crippen LogP contribution in [0.3, 0.4) is 0 Å². The van der Waals surface area contributed by atoms with Crippen molar-refractivity contribution in [2.75, 3.05) is 18.9 Å². The fraction of sp³-hybridized carbons (Fsp3) is 0.312. The van der Waals surface area contributed by atoms with Gasteiger partial charge in [-0.15, -0.1) is 0 Å². The summed E-state index contributed by atoms with van der Waals surface area (Å²) in [5, 5.41) is 0. The minimum absolute atomic E-state index is 0.522. The van der Waals surface area contributed by atoms with Crippen molar-refractivity contribution in [1.29, 1.82) is 0 Å². The fourth-order valence-corrected chi connectivity index (χ4v) is 1.83. The number of nitrogens with two attached hydrogens (primary N) is 1. The van der Waals surface area contributed by atoms with Crippen LogP contribution in [-0.4, -0.2) is 18.2 Å². The van der Waals surface area contributed by atoms with Crippen LogP contribution in [0.4, 0.5) is 5.69 Å². The van der Waals surface area contributed by atoms with Crippen molar-refractivity contribution in [3.63, 3.8) is 0 Å². The highest BCUT2D eigenvalue weighted by atomic mass is 16.5. The minimum atomic E-state index is 0.522. The molecule has 1 aromatic carbocycles. The number of aromatic nitrogens is 1. The third kappa shape index (κ3) is 3.88. The predicted molar refractivity (Wildman–Crippen MR) is 80.1 cm³/mol. The van der Waals surface area contributed by atoms with E-state index in [1.54, 1.807) is 6.20 Å². The second kappa shape index (κ2) is 7.38. The Morgan fingerprint density at radius 1 is 1.05 bits per heavy atom. The van der Waals surface area contributed by atoms with Gasteiger partial charge in [0.2, 0.25) is 0 Å². The number of rotatable bonds is 7. The van der Waals surface area contributed by atoms with Gasteiger partial charge in [-0.1, -0.05) is 25.1 Å². The van der Waals surface area contributed by atoms with Crippen LogP contribution < -0.4 is 15.2 Å². The van der Waals surface area contributed by atoms with E-state index in [1.165, 1.54) is 0 Å². The molecule has 0 atom stereocenters. The van der Waals surface area contributed by atoms with Crippen LogP contribution in [0, 0.1) is 0 Å². The smallest absolute Gasteiger partial charge is 0.256 e. The topological polar surface area (TPSA) is 57.4 Å². The Hall–Kier alpha value is -2.23. The Bertz CT molecular complexity index is 544. The summed E-state index contributed by atoms with van der Waals surface area (Å²) in [7, 11) is 0.